The molecule has 0 aromatic heterocycles. The lowest BCUT2D eigenvalue weighted by molar-refractivity contribution is 0.717. The first kappa shape index (κ1) is 17.8. The highest BCUT2D eigenvalue weighted by Gasteiger charge is 2.18. The van der Waals surface area contributed by atoms with E-state index in [2.05, 4.69) is 71.0 Å². The molecule has 1 aliphatic carbocycles. The molecule has 2 aromatic rings. The monoisotopic (exact) mass is 308 g/mol. The molecule has 0 heterocycles. The first-order valence-electron chi connectivity index (χ1n) is 9.14. The SMILES string of the molecule is CCc1cc(C)ccc1C.Cc1ccc(C)c(C2CCCC2)c1. The largest absolute Gasteiger partial charge is 0.0613 e. The molecule has 0 nitrogen and oxygen atoms in total. The van der Waals surface area contributed by atoms with E-state index >= 15 is 0 Å². The van der Waals surface area contributed by atoms with E-state index < -0.39 is 0 Å². The molecule has 0 N–H and O–H groups in total. The van der Waals surface area contributed by atoms with Gasteiger partial charge in [-0.3, -0.25) is 0 Å². The number of rotatable bonds is 2. The second-order valence-corrected chi connectivity index (χ2v) is 7.12. The van der Waals surface area contributed by atoms with Gasteiger partial charge in [-0.05, 0) is 75.1 Å². The minimum Gasteiger partial charge on any atom is -0.0613 e. The molecule has 1 aliphatic rings. The molecule has 0 saturated heterocycles. The Hall–Kier alpha value is -1.56. The summed E-state index contributed by atoms with van der Waals surface area (Å²) in [5, 5.41) is 0. The lowest BCUT2D eigenvalue weighted by Gasteiger charge is -2.13. The van der Waals surface area contributed by atoms with Crippen molar-refractivity contribution in [1.29, 1.82) is 0 Å². The molecule has 2 aromatic carbocycles. The van der Waals surface area contributed by atoms with Crippen LogP contribution in [-0.4, -0.2) is 0 Å². The van der Waals surface area contributed by atoms with Gasteiger partial charge in [0.2, 0.25) is 0 Å². The summed E-state index contributed by atoms with van der Waals surface area (Å²) in [6, 6.07) is 13.5. The molecule has 23 heavy (non-hydrogen) atoms. The van der Waals surface area contributed by atoms with Crippen molar-refractivity contribution in [3.8, 4) is 0 Å². The van der Waals surface area contributed by atoms with Crippen molar-refractivity contribution >= 4 is 0 Å². The molecular formula is C23H32. The third-order valence-electron chi connectivity index (χ3n) is 5.12. The van der Waals surface area contributed by atoms with Crippen molar-refractivity contribution in [3.05, 3.63) is 69.8 Å². The van der Waals surface area contributed by atoms with Gasteiger partial charge in [0.15, 0.2) is 0 Å². The van der Waals surface area contributed by atoms with Crippen LogP contribution >= 0.6 is 0 Å². The Kier molecular flexibility index (Phi) is 6.45. The summed E-state index contributed by atoms with van der Waals surface area (Å²) in [4.78, 5) is 0. The molecule has 0 bridgehead atoms. The second kappa shape index (κ2) is 8.34. The van der Waals surface area contributed by atoms with Crippen LogP contribution in [0.3, 0.4) is 0 Å². The topological polar surface area (TPSA) is 0 Å². The molecule has 1 fully saturated rings. The zero-order chi connectivity index (χ0) is 16.8. The van der Waals surface area contributed by atoms with Crippen LogP contribution in [0.2, 0.25) is 0 Å². The molecule has 0 heteroatoms. The van der Waals surface area contributed by atoms with Gasteiger partial charge >= 0.3 is 0 Å². The number of hydrogen-bond donors (Lipinski definition) is 0. The average molecular weight is 309 g/mol. The van der Waals surface area contributed by atoms with Gasteiger partial charge in [-0.25, -0.2) is 0 Å². The van der Waals surface area contributed by atoms with Crippen LogP contribution in [0.1, 0.15) is 71.9 Å². The summed E-state index contributed by atoms with van der Waals surface area (Å²) >= 11 is 0. The lowest BCUT2D eigenvalue weighted by atomic mass is 9.92. The fourth-order valence-corrected chi connectivity index (χ4v) is 3.62. The third kappa shape index (κ3) is 4.96. The molecule has 0 amide bonds. The molecule has 3 rings (SSSR count). The molecule has 1 saturated carbocycles. The minimum atomic E-state index is 0.861. The predicted molar refractivity (Wildman–Crippen MR) is 102 cm³/mol. The molecule has 0 atom stereocenters. The first-order chi connectivity index (χ1) is 11.0. The molecule has 0 radical (unpaired) electrons. The van der Waals surface area contributed by atoms with Gasteiger partial charge in [0.25, 0.3) is 0 Å². The van der Waals surface area contributed by atoms with Gasteiger partial charge < -0.3 is 0 Å². The Morgan fingerprint density at radius 1 is 0.783 bits per heavy atom. The Balaban J connectivity index is 0.000000174. The summed E-state index contributed by atoms with van der Waals surface area (Å²) in [6.45, 7) is 10.9. The van der Waals surface area contributed by atoms with Crippen LogP contribution in [0.5, 0.6) is 0 Å². The Morgan fingerprint density at radius 2 is 1.35 bits per heavy atom. The number of hydrogen-bond acceptors (Lipinski definition) is 0. The van der Waals surface area contributed by atoms with Crippen LogP contribution < -0.4 is 0 Å². The first-order valence-corrected chi connectivity index (χ1v) is 9.14. The molecular weight excluding hydrogens is 276 g/mol. The average Bonchev–Trinajstić information content (AvgIpc) is 3.07. The van der Waals surface area contributed by atoms with Crippen LogP contribution in [0.25, 0.3) is 0 Å². The Bertz CT molecular complexity index is 630. The van der Waals surface area contributed by atoms with E-state index in [1.165, 1.54) is 53.5 Å². The van der Waals surface area contributed by atoms with E-state index in [0.717, 1.165) is 12.3 Å². The van der Waals surface area contributed by atoms with Gasteiger partial charge in [-0.2, -0.15) is 0 Å². The van der Waals surface area contributed by atoms with Gasteiger partial charge in [0, 0.05) is 0 Å². The Labute approximate surface area is 143 Å². The van der Waals surface area contributed by atoms with Crippen molar-refractivity contribution < 1.29 is 0 Å². The molecule has 0 aliphatic heterocycles. The summed E-state index contributed by atoms with van der Waals surface area (Å²) in [6.07, 6.45) is 6.82. The Morgan fingerprint density at radius 3 is 1.91 bits per heavy atom. The normalized spacial score (nSPS) is 14.5. The zero-order valence-electron chi connectivity index (χ0n) is 15.6. The maximum atomic E-state index is 2.38. The third-order valence-corrected chi connectivity index (χ3v) is 5.12. The van der Waals surface area contributed by atoms with Crippen LogP contribution in [0, 0.1) is 27.7 Å². The van der Waals surface area contributed by atoms with E-state index in [4.69, 9.17) is 0 Å². The minimum absolute atomic E-state index is 0.861. The maximum Gasteiger partial charge on any atom is -0.0159 e. The van der Waals surface area contributed by atoms with Crippen LogP contribution in [0.15, 0.2) is 36.4 Å². The van der Waals surface area contributed by atoms with E-state index in [9.17, 15) is 0 Å². The van der Waals surface area contributed by atoms with E-state index in [0.29, 0.717) is 0 Å². The van der Waals surface area contributed by atoms with E-state index in [1.807, 2.05) is 0 Å². The standard InChI is InChI=1S/C13H18.C10H14/c1-10-7-8-11(2)13(9-10)12-5-3-4-6-12;1-4-10-7-8(2)5-6-9(10)3/h7-9,12H,3-6H2,1-2H3;5-7H,4H2,1-3H3. The highest BCUT2D eigenvalue weighted by atomic mass is 14.2. The maximum absolute atomic E-state index is 2.38. The number of benzene rings is 2. The van der Waals surface area contributed by atoms with Gasteiger partial charge in [0.05, 0.1) is 0 Å². The summed E-state index contributed by atoms with van der Waals surface area (Å²) in [5.74, 6) is 0.861. The molecule has 124 valence electrons. The van der Waals surface area contributed by atoms with Crippen molar-refractivity contribution in [2.24, 2.45) is 0 Å². The second-order valence-electron chi connectivity index (χ2n) is 7.12. The van der Waals surface area contributed by atoms with E-state index in [-0.39, 0.29) is 0 Å². The van der Waals surface area contributed by atoms with Crippen LogP contribution in [0.4, 0.5) is 0 Å². The number of aryl methyl sites for hydroxylation is 5. The summed E-state index contributed by atoms with van der Waals surface area (Å²) < 4.78 is 0. The van der Waals surface area contributed by atoms with Gasteiger partial charge in [0.1, 0.15) is 0 Å². The summed E-state index contributed by atoms with van der Waals surface area (Å²) in [7, 11) is 0. The fraction of sp³-hybridized carbons (Fsp3) is 0.478. The predicted octanol–water partition coefficient (Wildman–Crippen LogP) is 6.83. The zero-order valence-corrected chi connectivity index (χ0v) is 15.6. The van der Waals surface area contributed by atoms with Crippen molar-refractivity contribution in [2.75, 3.05) is 0 Å². The lowest BCUT2D eigenvalue weighted by Crippen LogP contribution is -1.96. The highest BCUT2D eigenvalue weighted by molar-refractivity contribution is 5.33. The molecule has 0 spiro atoms. The van der Waals surface area contributed by atoms with Gasteiger partial charge in [-0.15, -0.1) is 0 Å². The highest BCUT2D eigenvalue weighted by Crippen LogP contribution is 2.35. The van der Waals surface area contributed by atoms with Crippen molar-refractivity contribution in [3.63, 3.8) is 0 Å². The van der Waals surface area contributed by atoms with Crippen molar-refractivity contribution in [2.45, 2.75) is 72.6 Å². The van der Waals surface area contributed by atoms with Crippen LogP contribution in [-0.2, 0) is 6.42 Å². The quantitative estimate of drug-likeness (QED) is 0.570. The summed E-state index contributed by atoms with van der Waals surface area (Å²) in [5.41, 5.74) is 8.75. The van der Waals surface area contributed by atoms with Crippen molar-refractivity contribution in [1.82, 2.24) is 0 Å². The molecule has 0 unspecified atom stereocenters. The fourth-order valence-electron chi connectivity index (χ4n) is 3.62. The van der Waals surface area contributed by atoms with Gasteiger partial charge in [-0.1, -0.05) is 67.3 Å². The smallest absolute Gasteiger partial charge is 0.0159 e. The van der Waals surface area contributed by atoms with E-state index in [1.54, 1.807) is 5.56 Å².